The van der Waals surface area contributed by atoms with Gasteiger partial charge in [0, 0.05) is 5.38 Å². The minimum absolute atomic E-state index is 0.00740. The Morgan fingerprint density at radius 1 is 1.10 bits per heavy atom. The summed E-state index contributed by atoms with van der Waals surface area (Å²) < 4.78 is 0. The first-order valence-corrected chi connectivity index (χ1v) is 7.50. The molecule has 0 aliphatic carbocycles. The van der Waals surface area contributed by atoms with Gasteiger partial charge in [-0.15, -0.1) is 0 Å². The van der Waals surface area contributed by atoms with E-state index in [2.05, 4.69) is 35.6 Å². The zero-order valence-electron chi connectivity index (χ0n) is 11.2. The number of fused-ring (bicyclic) bond motifs is 1. The molecule has 3 aromatic rings. The lowest BCUT2D eigenvalue weighted by Gasteiger charge is -2.14. The molecule has 1 unspecified atom stereocenters. The standard InChI is InChI=1S/C17H15NOS/c1-12(18-17(19)16-8-9-20-11-16)14-7-6-13-4-2-3-5-15(13)10-14/h2-12H,1H3,(H,18,19). The molecule has 0 radical (unpaired) electrons. The molecule has 1 N–H and O–H groups in total. The summed E-state index contributed by atoms with van der Waals surface area (Å²) in [6, 6.07) is 16.4. The summed E-state index contributed by atoms with van der Waals surface area (Å²) in [6.45, 7) is 2.01. The minimum atomic E-state index is -0.0214. The Balaban J connectivity index is 1.81. The van der Waals surface area contributed by atoms with E-state index in [0.29, 0.717) is 0 Å². The van der Waals surface area contributed by atoms with Gasteiger partial charge in [0.25, 0.3) is 5.91 Å². The molecule has 2 aromatic carbocycles. The summed E-state index contributed by atoms with van der Waals surface area (Å²) in [7, 11) is 0. The average Bonchev–Trinajstić information content (AvgIpc) is 3.01. The zero-order valence-corrected chi connectivity index (χ0v) is 12.0. The fourth-order valence-electron chi connectivity index (χ4n) is 2.23. The van der Waals surface area contributed by atoms with E-state index in [1.807, 2.05) is 35.9 Å². The van der Waals surface area contributed by atoms with Crippen LogP contribution in [0.2, 0.25) is 0 Å². The maximum atomic E-state index is 12.0. The van der Waals surface area contributed by atoms with Gasteiger partial charge in [0.2, 0.25) is 0 Å². The molecule has 100 valence electrons. The molecule has 0 aliphatic rings. The molecule has 20 heavy (non-hydrogen) atoms. The highest BCUT2D eigenvalue weighted by atomic mass is 32.1. The molecule has 3 rings (SSSR count). The van der Waals surface area contributed by atoms with Crippen LogP contribution >= 0.6 is 11.3 Å². The molecular weight excluding hydrogens is 266 g/mol. The molecule has 0 fully saturated rings. The van der Waals surface area contributed by atoms with Crippen LogP contribution in [0.3, 0.4) is 0 Å². The van der Waals surface area contributed by atoms with E-state index in [-0.39, 0.29) is 11.9 Å². The second kappa shape index (κ2) is 5.47. The summed E-state index contributed by atoms with van der Waals surface area (Å²) in [4.78, 5) is 12.0. The Morgan fingerprint density at radius 2 is 1.90 bits per heavy atom. The molecule has 0 bridgehead atoms. The van der Waals surface area contributed by atoms with Gasteiger partial charge in [-0.25, -0.2) is 0 Å². The third-order valence-corrected chi connectivity index (χ3v) is 4.09. The van der Waals surface area contributed by atoms with E-state index in [1.54, 1.807) is 0 Å². The average molecular weight is 281 g/mol. The number of rotatable bonds is 3. The normalized spacial score (nSPS) is 12.2. The van der Waals surface area contributed by atoms with Crippen molar-refractivity contribution < 1.29 is 4.79 Å². The topological polar surface area (TPSA) is 29.1 Å². The van der Waals surface area contributed by atoms with Crippen molar-refractivity contribution in [2.75, 3.05) is 0 Å². The van der Waals surface area contributed by atoms with Crippen molar-refractivity contribution in [1.29, 1.82) is 0 Å². The van der Waals surface area contributed by atoms with Crippen LogP contribution in [-0.2, 0) is 0 Å². The molecule has 2 nitrogen and oxygen atoms in total. The molecular formula is C17H15NOS. The zero-order chi connectivity index (χ0) is 13.9. The summed E-state index contributed by atoms with van der Waals surface area (Å²) >= 11 is 1.53. The first-order valence-electron chi connectivity index (χ1n) is 6.56. The van der Waals surface area contributed by atoms with Crippen molar-refractivity contribution in [3.63, 3.8) is 0 Å². The van der Waals surface area contributed by atoms with E-state index >= 15 is 0 Å². The Labute approximate surface area is 122 Å². The summed E-state index contributed by atoms with van der Waals surface area (Å²) in [6.07, 6.45) is 0. The molecule has 0 aliphatic heterocycles. The maximum Gasteiger partial charge on any atom is 0.252 e. The SMILES string of the molecule is CC(NC(=O)c1ccsc1)c1ccc2ccccc2c1. The second-order valence-electron chi connectivity index (χ2n) is 4.81. The molecule has 1 aromatic heterocycles. The highest BCUT2D eigenvalue weighted by Crippen LogP contribution is 2.20. The maximum absolute atomic E-state index is 12.0. The van der Waals surface area contributed by atoms with Crippen LogP contribution in [0, 0.1) is 0 Å². The number of hydrogen-bond acceptors (Lipinski definition) is 2. The van der Waals surface area contributed by atoms with Crippen molar-refractivity contribution in [2.45, 2.75) is 13.0 Å². The predicted octanol–water partition coefficient (Wildman–Crippen LogP) is 4.39. The Bertz CT molecular complexity index is 734. The lowest BCUT2D eigenvalue weighted by atomic mass is 10.0. The van der Waals surface area contributed by atoms with Crippen molar-refractivity contribution in [2.24, 2.45) is 0 Å². The van der Waals surface area contributed by atoms with E-state index in [0.717, 1.165) is 11.1 Å². The van der Waals surface area contributed by atoms with Crippen molar-refractivity contribution in [3.05, 3.63) is 70.4 Å². The Kier molecular flexibility index (Phi) is 3.52. The Hall–Kier alpha value is -2.13. The molecule has 1 atom stereocenters. The van der Waals surface area contributed by atoms with Gasteiger partial charge < -0.3 is 5.32 Å². The number of hydrogen-bond donors (Lipinski definition) is 1. The van der Waals surface area contributed by atoms with E-state index < -0.39 is 0 Å². The van der Waals surface area contributed by atoms with Gasteiger partial charge in [-0.2, -0.15) is 11.3 Å². The molecule has 0 saturated carbocycles. The number of carbonyl (C=O) groups excluding carboxylic acids is 1. The second-order valence-corrected chi connectivity index (χ2v) is 5.59. The van der Waals surface area contributed by atoms with Gasteiger partial charge in [0.15, 0.2) is 0 Å². The highest BCUT2D eigenvalue weighted by molar-refractivity contribution is 7.08. The van der Waals surface area contributed by atoms with Gasteiger partial charge in [-0.1, -0.05) is 36.4 Å². The third kappa shape index (κ3) is 2.58. The fourth-order valence-corrected chi connectivity index (χ4v) is 2.87. The van der Waals surface area contributed by atoms with Gasteiger partial charge in [0.1, 0.15) is 0 Å². The smallest absolute Gasteiger partial charge is 0.252 e. The number of amides is 1. The van der Waals surface area contributed by atoms with Crippen LogP contribution < -0.4 is 5.32 Å². The van der Waals surface area contributed by atoms with E-state index in [9.17, 15) is 4.79 Å². The predicted molar refractivity (Wildman–Crippen MR) is 84.1 cm³/mol. The van der Waals surface area contributed by atoms with Crippen molar-refractivity contribution >= 4 is 28.0 Å². The van der Waals surface area contributed by atoms with Crippen LogP contribution in [0.15, 0.2) is 59.3 Å². The largest absolute Gasteiger partial charge is 0.345 e. The summed E-state index contributed by atoms with van der Waals surface area (Å²) in [5, 5.41) is 9.22. The molecule has 1 amide bonds. The quantitative estimate of drug-likeness (QED) is 0.758. The van der Waals surface area contributed by atoms with Crippen LogP contribution in [-0.4, -0.2) is 5.91 Å². The molecule has 1 heterocycles. The van der Waals surface area contributed by atoms with Crippen LogP contribution in [0.25, 0.3) is 10.8 Å². The minimum Gasteiger partial charge on any atom is -0.345 e. The summed E-state index contributed by atoms with van der Waals surface area (Å²) in [5.74, 6) is -0.0214. The van der Waals surface area contributed by atoms with Gasteiger partial charge >= 0.3 is 0 Å². The lowest BCUT2D eigenvalue weighted by Crippen LogP contribution is -2.26. The molecule has 0 spiro atoms. The monoisotopic (exact) mass is 281 g/mol. The van der Waals surface area contributed by atoms with E-state index in [1.165, 1.54) is 22.1 Å². The van der Waals surface area contributed by atoms with Gasteiger partial charge in [-0.3, -0.25) is 4.79 Å². The lowest BCUT2D eigenvalue weighted by molar-refractivity contribution is 0.0940. The number of nitrogens with one attached hydrogen (secondary N) is 1. The first-order chi connectivity index (χ1) is 9.74. The van der Waals surface area contributed by atoms with Gasteiger partial charge in [0.05, 0.1) is 11.6 Å². The highest BCUT2D eigenvalue weighted by Gasteiger charge is 2.11. The van der Waals surface area contributed by atoms with E-state index in [4.69, 9.17) is 0 Å². The van der Waals surface area contributed by atoms with Crippen LogP contribution in [0.4, 0.5) is 0 Å². The van der Waals surface area contributed by atoms with Gasteiger partial charge in [-0.05, 0) is 40.8 Å². The van der Waals surface area contributed by atoms with Crippen molar-refractivity contribution in [1.82, 2.24) is 5.32 Å². The Morgan fingerprint density at radius 3 is 2.65 bits per heavy atom. The number of thiophene rings is 1. The molecule has 3 heteroatoms. The van der Waals surface area contributed by atoms with Crippen molar-refractivity contribution in [3.8, 4) is 0 Å². The van der Waals surface area contributed by atoms with Crippen LogP contribution in [0.5, 0.6) is 0 Å². The van der Waals surface area contributed by atoms with Crippen LogP contribution in [0.1, 0.15) is 28.9 Å². The first kappa shape index (κ1) is 12.9. The molecule has 0 saturated heterocycles. The number of carbonyl (C=O) groups is 1. The summed E-state index contributed by atoms with van der Waals surface area (Å²) in [5.41, 5.74) is 1.84. The number of benzene rings is 2. The third-order valence-electron chi connectivity index (χ3n) is 3.40. The fraction of sp³-hybridized carbons (Fsp3) is 0.118.